The minimum absolute atomic E-state index is 0.236. The first-order valence-electron chi connectivity index (χ1n) is 5.41. The average Bonchev–Trinajstić information content (AvgIpc) is 2.63. The van der Waals surface area contributed by atoms with Crippen molar-refractivity contribution in [2.75, 3.05) is 0 Å². The molecule has 2 aromatic heterocycles. The lowest BCUT2D eigenvalue weighted by atomic mass is 9.87. The van der Waals surface area contributed by atoms with Crippen LogP contribution in [0.25, 0.3) is 10.1 Å². The van der Waals surface area contributed by atoms with Gasteiger partial charge in [-0.25, -0.2) is 0 Å². The molecule has 0 bridgehead atoms. The summed E-state index contributed by atoms with van der Waals surface area (Å²) in [4.78, 5) is 4.12. The van der Waals surface area contributed by atoms with Crippen LogP contribution in [0, 0.1) is 0 Å². The van der Waals surface area contributed by atoms with E-state index in [0.717, 1.165) is 0 Å². The molecule has 2 heterocycles. The van der Waals surface area contributed by atoms with Crippen LogP contribution >= 0.6 is 11.3 Å². The maximum Gasteiger partial charge on any atom is 0.0529 e. The van der Waals surface area contributed by atoms with Gasteiger partial charge < -0.3 is 0 Å². The maximum atomic E-state index is 4.12. The van der Waals surface area contributed by atoms with Crippen molar-refractivity contribution in [2.45, 2.75) is 40.0 Å². The predicted octanol–water partition coefficient (Wildman–Crippen LogP) is 4.62. The smallest absolute Gasteiger partial charge is 0.0529 e. The molecule has 2 aromatic rings. The van der Waals surface area contributed by atoms with Gasteiger partial charge in [0.25, 0.3) is 0 Å². The quantitative estimate of drug-likeness (QED) is 0.632. The van der Waals surface area contributed by atoms with E-state index in [1.165, 1.54) is 15.6 Å². The van der Waals surface area contributed by atoms with Gasteiger partial charge in [0.1, 0.15) is 0 Å². The molecule has 0 aromatic carbocycles. The van der Waals surface area contributed by atoms with E-state index >= 15 is 0 Å². The van der Waals surface area contributed by atoms with E-state index < -0.39 is 0 Å². The highest BCUT2D eigenvalue weighted by Crippen LogP contribution is 2.33. The zero-order chi connectivity index (χ0) is 11.5. The molecule has 0 aliphatic rings. The summed E-state index contributed by atoms with van der Waals surface area (Å²) in [5, 5.41) is 3.60. The van der Waals surface area contributed by atoms with Crippen LogP contribution in [0.5, 0.6) is 0 Å². The van der Waals surface area contributed by atoms with Crippen molar-refractivity contribution in [1.29, 1.82) is 0 Å². The van der Waals surface area contributed by atoms with E-state index in [1.54, 1.807) is 11.3 Å². The van der Waals surface area contributed by atoms with Crippen molar-refractivity contribution in [3.63, 3.8) is 0 Å². The molecule has 15 heavy (non-hydrogen) atoms. The second-order valence-corrected chi connectivity index (χ2v) is 5.18. The fraction of sp³-hybridized carbons (Fsp3) is 0.462. The molecule has 2 rings (SSSR count). The molecule has 0 radical (unpaired) electrons. The Kier molecular flexibility index (Phi) is 3.86. The third-order valence-electron chi connectivity index (χ3n) is 2.19. The number of nitrogens with zero attached hydrogens (tertiary/aromatic N) is 1. The Morgan fingerprint density at radius 3 is 2.47 bits per heavy atom. The summed E-state index contributed by atoms with van der Waals surface area (Å²) < 4.78 is 1.28. The van der Waals surface area contributed by atoms with Gasteiger partial charge in [0.15, 0.2) is 0 Å². The first-order valence-corrected chi connectivity index (χ1v) is 6.29. The third-order valence-corrected chi connectivity index (χ3v) is 3.12. The fourth-order valence-corrected chi connectivity index (χ4v) is 2.62. The van der Waals surface area contributed by atoms with Crippen molar-refractivity contribution in [2.24, 2.45) is 0 Å². The van der Waals surface area contributed by atoms with Gasteiger partial charge in [-0.2, -0.15) is 0 Å². The summed E-state index contributed by atoms with van der Waals surface area (Å²) in [5.41, 5.74) is 1.66. The van der Waals surface area contributed by atoms with Gasteiger partial charge in [0, 0.05) is 12.4 Å². The number of pyridine rings is 1. The van der Waals surface area contributed by atoms with Crippen LogP contribution in [-0.2, 0) is 5.41 Å². The van der Waals surface area contributed by atoms with E-state index in [2.05, 4.69) is 37.2 Å². The van der Waals surface area contributed by atoms with Crippen LogP contribution in [0.4, 0.5) is 0 Å². The van der Waals surface area contributed by atoms with Crippen molar-refractivity contribution < 1.29 is 0 Å². The van der Waals surface area contributed by atoms with E-state index in [9.17, 15) is 0 Å². The highest BCUT2D eigenvalue weighted by atomic mass is 32.1. The molecule has 2 heteroatoms. The standard InChI is InChI=1S/C11H13NS.C2H6/c1-11(2,3)9-7-13-10-6-12-5-4-8(9)10;1-2/h4-7H,1-3H3;1-2H3. The summed E-state index contributed by atoms with van der Waals surface area (Å²) in [6.07, 6.45) is 3.81. The zero-order valence-corrected chi connectivity index (χ0v) is 11.0. The maximum absolute atomic E-state index is 4.12. The number of aromatic nitrogens is 1. The molecule has 0 atom stereocenters. The largest absolute Gasteiger partial charge is 0.263 e. The van der Waals surface area contributed by atoms with Crippen molar-refractivity contribution in [3.05, 3.63) is 29.4 Å². The molecular weight excluding hydrogens is 202 g/mol. The highest BCUT2D eigenvalue weighted by molar-refractivity contribution is 7.17. The monoisotopic (exact) mass is 221 g/mol. The minimum Gasteiger partial charge on any atom is -0.263 e. The number of fused-ring (bicyclic) bond motifs is 1. The molecular formula is C13H19NS. The zero-order valence-electron chi connectivity index (χ0n) is 10.2. The number of hydrogen-bond acceptors (Lipinski definition) is 2. The summed E-state index contributed by atoms with van der Waals surface area (Å²) in [6.45, 7) is 10.7. The second kappa shape index (κ2) is 4.75. The van der Waals surface area contributed by atoms with E-state index in [-0.39, 0.29) is 5.41 Å². The van der Waals surface area contributed by atoms with Crippen molar-refractivity contribution >= 4 is 21.4 Å². The van der Waals surface area contributed by atoms with Crippen LogP contribution in [-0.4, -0.2) is 4.98 Å². The van der Waals surface area contributed by atoms with Crippen LogP contribution in [0.1, 0.15) is 40.2 Å². The molecule has 0 amide bonds. The highest BCUT2D eigenvalue weighted by Gasteiger charge is 2.17. The molecule has 0 unspecified atom stereocenters. The lowest BCUT2D eigenvalue weighted by Gasteiger charge is -2.17. The number of rotatable bonds is 0. The number of thiophene rings is 1. The first kappa shape index (κ1) is 12.2. The van der Waals surface area contributed by atoms with Gasteiger partial charge >= 0.3 is 0 Å². The van der Waals surface area contributed by atoms with Gasteiger partial charge in [-0.05, 0) is 27.8 Å². The lowest BCUT2D eigenvalue weighted by molar-refractivity contribution is 0.598. The second-order valence-electron chi connectivity index (χ2n) is 4.27. The topological polar surface area (TPSA) is 12.9 Å². The van der Waals surface area contributed by atoms with Gasteiger partial charge in [-0.3, -0.25) is 4.98 Å². The Morgan fingerprint density at radius 2 is 1.87 bits per heavy atom. The SMILES string of the molecule is CC.CC(C)(C)c1csc2cnccc12. The van der Waals surface area contributed by atoms with Crippen LogP contribution in [0.15, 0.2) is 23.8 Å². The summed E-state index contributed by atoms with van der Waals surface area (Å²) in [7, 11) is 0. The van der Waals surface area contributed by atoms with Gasteiger partial charge in [-0.15, -0.1) is 11.3 Å². The van der Waals surface area contributed by atoms with E-state index in [1.807, 2.05) is 26.2 Å². The predicted molar refractivity (Wildman–Crippen MR) is 69.7 cm³/mol. The Balaban J connectivity index is 0.000000531. The molecule has 0 saturated carbocycles. The fourth-order valence-electron chi connectivity index (χ4n) is 1.46. The van der Waals surface area contributed by atoms with Gasteiger partial charge in [0.2, 0.25) is 0 Å². The minimum atomic E-state index is 0.236. The molecule has 0 aliphatic carbocycles. The normalized spacial score (nSPS) is 11.0. The molecule has 0 aliphatic heterocycles. The van der Waals surface area contributed by atoms with Crippen LogP contribution in [0.3, 0.4) is 0 Å². The van der Waals surface area contributed by atoms with Gasteiger partial charge in [-0.1, -0.05) is 34.6 Å². The van der Waals surface area contributed by atoms with Gasteiger partial charge in [0.05, 0.1) is 4.70 Å². The number of hydrogen-bond donors (Lipinski definition) is 0. The van der Waals surface area contributed by atoms with Crippen molar-refractivity contribution in [3.8, 4) is 0 Å². The van der Waals surface area contributed by atoms with Crippen molar-refractivity contribution in [1.82, 2.24) is 4.98 Å². The molecule has 0 fully saturated rings. The Bertz CT molecular complexity index is 423. The molecule has 0 N–H and O–H groups in total. The molecule has 0 saturated heterocycles. The van der Waals surface area contributed by atoms with E-state index in [0.29, 0.717) is 0 Å². The summed E-state index contributed by atoms with van der Waals surface area (Å²) >= 11 is 1.78. The molecule has 1 nitrogen and oxygen atoms in total. The Morgan fingerprint density at radius 1 is 1.20 bits per heavy atom. The third kappa shape index (κ3) is 2.57. The summed E-state index contributed by atoms with van der Waals surface area (Å²) in [6, 6.07) is 2.10. The van der Waals surface area contributed by atoms with Crippen LogP contribution < -0.4 is 0 Å². The molecule has 0 spiro atoms. The molecule has 82 valence electrons. The Hall–Kier alpha value is -0.890. The first-order chi connectivity index (χ1) is 7.09. The summed E-state index contributed by atoms with van der Waals surface area (Å²) in [5.74, 6) is 0. The average molecular weight is 221 g/mol. The van der Waals surface area contributed by atoms with E-state index in [4.69, 9.17) is 0 Å². The van der Waals surface area contributed by atoms with Crippen LogP contribution in [0.2, 0.25) is 0 Å². The Labute approximate surface area is 96.2 Å². The lowest BCUT2D eigenvalue weighted by Crippen LogP contribution is -2.09.